The molecule has 63 heavy (non-hydrogen) atoms. The van der Waals surface area contributed by atoms with Gasteiger partial charge in [-0.05, 0) is 119 Å². The lowest BCUT2D eigenvalue weighted by Crippen LogP contribution is -2.11. The van der Waals surface area contributed by atoms with Crippen LogP contribution in [0.2, 0.25) is 0 Å². The average Bonchev–Trinajstić information content (AvgIpc) is 3.37. The quantitative estimate of drug-likeness (QED) is 0.141. The van der Waals surface area contributed by atoms with Gasteiger partial charge in [0.2, 0.25) is 0 Å². The number of fused-ring (bicyclic) bond motifs is 2. The molecule has 1 heteroatoms. The Balaban J connectivity index is 1.10. The number of anilines is 3. The van der Waals surface area contributed by atoms with E-state index in [1.54, 1.807) is 0 Å². The largest absolute Gasteiger partial charge is 0.310 e. The summed E-state index contributed by atoms with van der Waals surface area (Å²) in [4.78, 5) is 2.42. The van der Waals surface area contributed by atoms with Gasteiger partial charge in [-0.25, -0.2) is 0 Å². The first-order chi connectivity index (χ1) is 31.3. The van der Waals surface area contributed by atoms with Crippen LogP contribution in [-0.2, 0) is 0 Å². The van der Waals surface area contributed by atoms with Crippen molar-refractivity contribution in [1.82, 2.24) is 0 Å². The molecule has 0 saturated heterocycles. The first-order valence-electron chi connectivity index (χ1n) is 21.7. The predicted molar refractivity (Wildman–Crippen MR) is 269 cm³/mol. The second-order valence-electron chi connectivity index (χ2n) is 16.0. The highest BCUT2D eigenvalue weighted by Crippen LogP contribution is 2.47. The smallest absolute Gasteiger partial charge is 0.0540 e. The second kappa shape index (κ2) is 16.7. The van der Waals surface area contributed by atoms with Gasteiger partial charge in [0.1, 0.15) is 0 Å². The van der Waals surface area contributed by atoms with Crippen molar-refractivity contribution in [2.24, 2.45) is 0 Å². The molecule has 296 valence electrons. The van der Waals surface area contributed by atoms with Crippen LogP contribution in [0.3, 0.4) is 0 Å². The first-order valence-corrected chi connectivity index (χ1v) is 21.7. The van der Waals surface area contributed by atoms with Crippen molar-refractivity contribution in [2.75, 3.05) is 4.90 Å². The lowest BCUT2D eigenvalue weighted by atomic mass is 9.86. The molecule has 0 aliphatic heterocycles. The highest BCUT2D eigenvalue weighted by molar-refractivity contribution is 6.01. The Kier molecular flexibility index (Phi) is 9.97. The molecular formula is C62H43N. The van der Waals surface area contributed by atoms with E-state index in [0.29, 0.717) is 0 Å². The molecule has 0 amide bonds. The van der Waals surface area contributed by atoms with Crippen molar-refractivity contribution < 1.29 is 0 Å². The predicted octanol–water partition coefficient (Wildman–Crippen LogP) is 17.5. The number of benzene rings is 11. The van der Waals surface area contributed by atoms with E-state index in [2.05, 4.69) is 266 Å². The Morgan fingerprint density at radius 1 is 0.206 bits per heavy atom. The summed E-state index contributed by atoms with van der Waals surface area (Å²) in [5, 5.41) is 4.98. The minimum atomic E-state index is 1.08. The Morgan fingerprint density at radius 2 is 0.603 bits per heavy atom. The van der Waals surface area contributed by atoms with Crippen molar-refractivity contribution in [3.63, 3.8) is 0 Å². The van der Waals surface area contributed by atoms with Crippen LogP contribution in [0.4, 0.5) is 17.1 Å². The Bertz CT molecular complexity index is 3230. The summed E-state index contributed by atoms with van der Waals surface area (Å²) in [6.45, 7) is 0. The molecule has 0 unspecified atom stereocenters. The molecule has 0 atom stereocenters. The third-order valence-electron chi connectivity index (χ3n) is 12.3. The third-order valence-corrected chi connectivity index (χ3v) is 12.3. The van der Waals surface area contributed by atoms with Gasteiger partial charge in [0, 0.05) is 16.9 Å². The third kappa shape index (κ3) is 7.26. The summed E-state index contributed by atoms with van der Waals surface area (Å²) in [6, 6.07) is 94.7. The van der Waals surface area contributed by atoms with E-state index >= 15 is 0 Å². The molecule has 0 fully saturated rings. The van der Waals surface area contributed by atoms with Gasteiger partial charge >= 0.3 is 0 Å². The molecule has 0 heterocycles. The Morgan fingerprint density at radius 3 is 1.19 bits per heavy atom. The molecule has 0 N–H and O–H groups in total. The van der Waals surface area contributed by atoms with E-state index in [1.807, 2.05) is 0 Å². The number of rotatable bonds is 9. The maximum atomic E-state index is 2.42. The minimum Gasteiger partial charge on any atom is -0.310 e. The SMILES string of the molecule is c1ccc(-c2ccc(-c3ccccc3N(c3ccc(-c4cccc5ccccc45)cc3)c3ccc(-c4cccc5ccccc45)cc3)c(-c3ccccc3-c3ccccc3)c2)cc1. The van der Waals surface area contributed by atoms with Gasteiger partial charge in [-0.1, -0.05) is 224 Å². The fourth-order valence-electron chi connectivity index (χ4n) is 9.26. The molecule has 0 aliphatic rings. The standard InChI is InChI=1S/C62H43N/c1-3-17-44(18-4-1)50-37-42-59(61(43-50)58-28-12-11-27-57(58)45-19-5-2-6-20-45)60-29-13-14-32-62(60)63(51-38-33-48(34-39-51)55-30-15-23-46-21-7-9-25-53(46)55)52-40-35-49(36-41-52)56-31-16-24-47-22-8-10-26-54(47)56/h1-43H. The van der Waals surface area contributed by atoms with Crippen molar-refractivity contribution in [1.29, 1.82) is 0 Å². The van der Waals surface area contributed by atoms with E-state index in [1.165, 1.54) is 82.7 Å². The van der Waals surface area contributed by atoms with E-state index < -0.39 is 0 Å². The molecule has 0 radical (unpaired) electrons. The van der Waals surface area contributed by atoms with Crippen LogP contribution in [0.15, 0.2) is 261 Å². The average molecular weight is 802 g/mol. The van der Waals surface area contributed by atoms with Gasteiger partial charge in [-0.15, -0.1) is 0 Å². The number of nitrogens with zero attached hydrogens (tertiary/aromatic N) is 1. The highest BCUT2D eigenvalue weighted by Gasteiger charge is 2.21. The number of hydrogen-bond acceptors (Lipinski definition) is 1. The van der Waals surface area contributed by atoms with E-state index in [-0.39, 0.29) is 0 Å². The van der Waals surface area contributed by atoms with Gasteiger partial charge in [-0.2, -0.15) is 0 Å². The molecule has 11 aromatic rings. The van der Waals surface area contributed by atoms with Crippen LogP contribution in [0.5, 0.6) is 0 Å². The molecule has 0 saturated carbocycles. The monoisotopic (exact) mass is 801 g/mol. The van der Waals surface area contributed by atoms with Crippen LogP contribution in [0, 0.1) is 0 Å². The topological polar surface area (TPSA) is 3.24 Å². The maximum absolute atomic E-state index is 2.42. The Labute approximate surface area is 369 Å². The van der Waals surface area contributed by atoms with Crippen molar-refractivity contribution in [2.45, 2.75) is 0 Å². The zero-order valence-corrected chi connectivity index (χ0v) is 34.8. The Hall–Kier alpha value is -8.26. The fraction of sp³-hybridized carbons (Fsp3) is 0. The molecule has 11 rings (SSSR count). The fourth-order valence-corrected chi connectivity index (χ4v) is 9.26. The first kappa shape index (κ1) is 37.7. The molecular weight excluding hydrogens is 759 g/mol. The molecule has 0 aliphatic carbocycles. The van der Waals surface area contributed by atoms with Gasteiger partial charge in [0.25, 0.3) is 0 Å². The summed E-state index contributed by atoms with van der Waals surface area (Å²) in [5.41, 5.74) is 17.5. The van der Waals surface area contributed by atoms with Crippen molar-refractivity contribution in [3.05, 3.63) is 261 Å². The molecule has 11 aromatic carbocycles. The highest BCUT2D eigenvalue weighted by atomic mass is 15.1. The zero-order valence-electron chi connectivity index (χ0n) is 34.8. The zero-order chi connectivity index (χ0) is 42.0. The van der Waals surface area contributed by atoms with Gasteiger partial charge < -0.3 is 4.90 Å². The van der Waals surface area contributed by atoms with Crippen LogP contribution in [0.1, 0.15) is 0 Å². The van der Waals surface area contributed by atoms with Crippen LogP contribution in [-0.4, -0.2) is 0 Å². The number of para-hydroxylation sites is 1. The minimum absolute atomic E-state index is 1.08. The van der Waals surface area contributed by atoms with Gasteiger partial charge in [0.05, 0.1) is 5.69 Å². The van der Waals surface area contributed by atoms with Crippen molar-refractivity contribution in [3.8, 4) is 66.8 Å². The molecule has 0 aromatic heterocycles. The summed E-state index contributed by atoms with van der Waals surface area (Å²) in [5.74, 6) is 0. The van der Waals surface area contributed by atoms with E-state index in [9.17, 15) is 0 Å². The summed E-state index contributed by atoms with van der Waals surface area (Å²) in [6.07, 6.45) is 0. The number of hydrogen-bond donors (Lipinski definition) is 0. The van der Waals surface area contributed by atoms with Gasteiger partial charge in [-0.3, -0.25) is 0 Å². The van der Waals surface area contributed by atoms with Gasteiger partial charge in [0.15, 0.2) is 0 Å². The summed E-state index contributed by atoms with van der Waals surface area (Å²) < 4.78 is 0. The normalized spacial score (nSPS) is 11.2. The summed E-state index contributed by atoms with van der Waals surface area (Å²) >= 11 is 0. The maximum Gasteiger partial charge on any atom is 0.0540 e. The lowest BCUT2D eigenvalue weighted by molar-refractivity contribution is 1.28. The van der Waals surface area contributed by atoms with E-state index in [0.717, 1.165) is 22.6 Å². The molecule has 0 spiro atoms. The molecule has 1 nitrogen and oxygen atoms in total. The van der Waals surface area contributed by atoms with Crippen LogP contribution >= 0.6 is 0 Å². The van der Waals surface area contributed by atoms with Crippen molar-refractivity contribution >= 4 is 38.6 Å². The van der Waals surface area contributed by atoms with Crippen LogP contribution < -0.4 is 4.90 Å². The summed E-state index contributed by atoms with van der Waals surface area (Å²) in [7, 11) is 0. The second-order valence-corrected chi connectivity index (χ2v) is 16.0. The molecule has 0 bridgehead atoms. The lowest BCUT2D eigenvalue weighted by Gasteiger charge is -2.29. The van der Waals surface area contributed by atoms with E-state index in [4.69, 9.17) is 0 Å². The van der Waals surface area contributed by atoms with Crippen LogP contribution in [0.25, 0.3) is 88.3 Å².